The minimum atomic E-state index is 0.182. The summed E-state index contributed by atoms with van der Waals surface area (Å²) < 4.78 is 1.23. The Kier molecular flexibility index (Phi) is 2.91. The molecule has 15 heavy (non-hydrogen) atoms. The molecule has 0 amide bonds. The van der Waals surface area contributed by atoms with Crippen molar-refractivity contribution in [1.82, 2.24) is 5.32 Å². The molecule has 1 fully saturated rings. The van der Waals surface area contributed by atoms with E-state index in [1.165, 1.54) is 34.0 Å². The Morgan fingerprint density at radius 2 is 2.07 bits per heavy atom. The van der Waals surface area contributed by atoms with Crippen LogP contribution in [-0.4, -0.2) is 6.54 Å². The highest BCUT2D eigenvalue weighted by Crippen LogP contribution is 2.33. The smallest absolute Gasteiger partial charge is 0.0407 e. The first-order valence-corrected chi connectivity index (χ1v) is 6.34. The molecular formula is C13H18BrN. The van der Waals surface area contributed by atoms with E-state index in [2.05, 4.69) is 54.2 Å². The van der Waals surface area contributed by atoms with Crippen LogP contribution in [0.2, 0.25) is 0 Å². The molecule has 0 saturated carbocycles. The monoisotopic (exact) mass is 267 g/mol. The number of rotatable bonds is 1. The van der Waals surface area contributed by atoms with Crippen molar-refractivity contribution in [2.45, 2.75) is 39.2 Å². The summed E-state index contributed by atoms with van der Waals surface area (Å²) >= 11 is 3.64. The molecule has 82 valence electrons. The van der Waals surface area contributed by atoms with Gasteiger partial charge in [-0.05, 0) is 62.9 Å². The predicted octanol–water partition coefficient (Wildman–Crippen LogP) is 3.66. The molecule has 1 saturated heterocycles. The zero-order valence-electron chi connectivity index (χ0n) is 9.65. The Bertz CT molecular complexity index is 355. The van der Waals surface area contributed by atoms with Crippen molar-refractivity contribution in [2.24, 2.45) is 0 Å². The van der Waals surface area contributed by atoms with Gasteiger partial charge in [0.2, 0.25) is 0 Å². The predicted molar refractivity (Wildman–Crippen MR) is 68.2 cm³/mol. The maximum absolute atomic E-state index is 3.64. The standard InChI is InChI=1S/C13H18BrN/c1-9-7-11(8-12(14)10(9)2)13(3)5-4-6-15-13/h7-8,15H,4-6H2,1-3H3. The van der Waals surface area contributed by atoms with E-state index in [-0.39, 0.29) is 5.54 Å². The Balaban J connectivity index is 2.45. The van der Waals surface area contributed by atoms with Gasteiger partial charge < -0.3 is 5.32 Å². The lowest BCUT2D eigenvalue weighted by Crippen LogP contribution is -2.33. The van der Waals surface area contributed by atoms with E-state index < -0.39 is 0 Å². The van der Waals surface area contributed by atoms with E-state index in [0.717, 1.165) is 6.54 Å². The molecular weight excluding hydrogens is 250 g/mol. The van der Waals surface area contributed by atoms with Gasteiger partial charge in [-0.2, -0.15) is 0 Å². The van der Waals surface area contributed by atoms with E-state index in [4.69, 9.17) is 0 Å². The van der Waals surface area contributed by atoms with Crippen LogP contribution in [0, 0.1) is 13.8 Å². The molecule has 0 spiro atoms. The highest BCUT2D eigenvalue weighted by atomic mass is 79.9. The van der Waals surface area contributed by atoms with Gasteiger partial charge in [-0.15, -0.1) is 0 Å². The van der Waals surface area contributed by atoms with Gasteiger partial charge in [0.1, 0.15) is 0 Å². The minimum Gasteiger partial charge on any atom is -0.308 e. The molecule has 2 heteroatoms. The molecule has 1 aliphatic rings. The van der Waals surface area contributed by atoms with Crippen molar-refractivity contribution >= 4 is 15.9 Å². The van der Waals surface area contributed by atoms with Crippen molar-refractivity contribution in [1.29, 1.82) is 0 Å². The van der Waals surface area contributed by atoms with Gasteiger partial charge >= 0.3 is 0 Å². The summed E-state index contributed by atoms with van der Waals surface area (Å²) in [5, 5.41) is 3.60. The number of benzene rings is 1. The first kappa shape index (κ1) is 11.2. The average Bonchev–Trinajstić information content (AvgIpc) is 2.62. The highest BCUT2D eigenvalue weighted by molar-refractivity contribution is 9.10. The third-order valence-corrected chi connectivity index (χ3v) is 4.43. The second-order valence-electron chi connectivity index (χ2n) is 4.76. The molecule has 0 bridgehead atoms. The van der Waals surface area contributed by atoms with Crippen LogP contribution in [0.25, 0.3) is 0 Å². The molecule has 0 aromatic heterocycles. The second kappa shape index (κ2) is 3.91. The zero-order chi connectivity index (χ0) is 11.1. The van der Waals surface area contributed by atoms with Crippen LogP contribution >= 0.6 is 15.9 Å². The number of nitrogens with one attached hydrogen (secondary N) is 1. The summed E-state index contributed by atoms with van der Waals surface area (Å²) in [4.78, 5) is 0. The lowest BCUT2D eigenvalue weighted by atomic mass is 9.88. The summed E-state index contributed by atoms with van der Waals surface area (Å²) in [5.74, 6) is 0. The van der Waals surface area contributed by atoms with Crippen molar-refractivity contribution < 1.29 is 0 Å². The fourth-order valence-corrected chi connectivity index (χ4v) is 2.84. The Hall–Kier alpha value is -0.340. The zero-order valence-corrected chi connectivity index (χ0v) is 11.2. The van der Waals surface area contributed by atoms with Crippen LogP contribution in [0.3, 0.4) is 0 Å². The quantitative estimate of drug-likeness (QED) is 0.819. The number of aryl methyl sites for hydroxylation is 1. The fraction of sp³-hybridized carbons (Fsp3) is 0.538. The molecule has 1 aromatic carbocycles. The molecule has 1 aliphatic heterocycles. The van der Waals surface area contributed by atoms with Crippen molar-refractivity contribution in [2.75, 3.05) is 6.54 Å². The lowest BCUT2D eigenvalue weighted by molar-refractivity contribution is 0.434. The van der Waals surface area contributed by atoms with Crippen LogP contribution in [-0.2, 0) is 5.54 Å². The molecule has 1 N–H and O–H groups in total. The van der Waals surface area contributed by atoms with E-state index in [0.29, 0.717) is 0 Å². The van der Waals surface area contributed by atoms with Gasteiger partial charge in [0, 0.05) is 10.0 Å². The number of halogens is 1. The fourth-order valence-electron chi connectivity index (χ4n) is 2.28. The van der Waals surface area contributed by atoms with E-state index >= 15 is 0 Å². The molecule has 1 nitrogen and oxygen atoms in total. The normalized spacial score (nSPS) is 25.9. The summed E-state index contributed by atoms with van der Waals surface area (Å²) in [6.07, 6.45) is 2.52. The molecule has 2 rings (SSSR count). The van der Waals surface area contributed by atoms with Crippen LogP contribution < -0.4 is 5.32 Å². The molecule has 1 heterocycles. The lowest BCUT2D eigenvalue weighted by Gasteiger charge is -2.26. The van der Waals surface area contributed by atoms with E-state index in [1.54, 1.807) is 0 Å². The van der Waals surface area contributed by atoms with Gasteiger partial charge in [0.05, 0.1) is 0 Å². The Morgan fingerprint density at radius 1 is 1.33 bits per heavy atom. The summed E-state index contributed by atoms with van der Waals surface area (Å²) in [6.45, 7) is 7.78. The highest BCUT2D eigenvalue weighted by Gasteiger charge is 2.30. The van der Waals surface area contributed by atoms with Crippen molar-refractivity contribution in [3.8, 4) is 0 Å². The van der Waals surface area contributed by atoms with Gasteiger partial charge in [0.25, 0.3) is 0 Å². The van der Waals surface area contributed by atoms with Crippen LogP contribution in [0.5, 0.6) is 0 Å². The number of hydrogen-bond donors (Lipinski definition) is 1. The Labute approximate surface area is 100 Å². The average molecular weight is 268 g/mol. The third kappa shape index (κ3) is 1.98. The largest absolute Gasteiger partial charge is 0.308 e. The molecule has 1 unspecified atom stereocenters. The van der Waals surface area contributed by atoms with Crippen LogP contribution in [0.15, 0.2) is 16.6 Å². The first-order chi connectivity index (χ1) is 7.03. The molecule has 1 aromatic rings. The van der Waals surface area contributed by atoms with E-state index in [9.17, 15) is 0 Å². The Morgan fingerprint density at radius 3 is 2.60 bits per heavy atom. The molecule has 0 aliphatic carbocycles. The summed E-state index contributed by atoms with van der Waals surface area (Å²) in [6, 6.07) is 4.58. The maximum atomic E-state index is 3.64. The summed E-state index contributed by atoms with van der Waals surface area (Å²) in [7, 11) is 0. The van der Waals surface area contributed by atoms with Gasteiger partial charge in [-0.1, -0.05) is 22.0 Å². The number of hydrogen-bond acceptors (Lipinski definition) is 1. The van der Waals surface area contributed by atoms with Crippen LogP contribution in [0.4, 0.5) is 0 Å². The van der Waals surface area contributed by atoms with E-state index in [1.807, 2.05) is 0 Å². The first-order valence-electron chi connectivity index (χ1n) is 5.55. The molecule has 0 radical (unpaired) electrons. The molecule has 1 atom stereocenters. The second-order valence-corrected chi connectivity index (χ2v) is 5.62. The summed E-state index contributed by atoms with van der Waals surface area (Å²) in [5.41, 5.74) is 4.31. The van der Waals surface area contributed by atoms with Crippen molar-refractivity contribution in [3.05, 3.63) is 33.3 Å². The van der Waals surface area contributed by atoms with Crippen molar-refractivity contribution in [3.63, 3.8) is 0 Å². The van der Waals surface area contributed by atoms with Crippen LogP contribution in [0.1, 0.15) is 36.5 Å². The minimum absolute atomic E-state index is 0.182. The van der Waals surface area contributed by atoms with Gasteiger partial charge in [-0.3, -0.25) is 0 Å². The maximum Gasteiger partial charge on any atom is 0.0407 e. The SMILES string of the molecule is Cc1cc(C2(C)CCCN2)cc(Br)c1C. The topological polar surface area (TPSA) is 12.0 Å². The third-order valence-electron chi connectivity index (χ3n) is 3.61. The van der Waals surface area contributed by atoms with Gasteiger partial charge in [-0.25, -0.2) is 0 Å². The van der Waals surface area contributed by atoms with Gasteiger partial charge in [0.15, 0.2) is 0 Å².